The topological polar surface area (TPSA) is 202 Å². The molecule has 0 aliphatic rings. The van der Waals surface area contributed by atoms with Crippen LogP contribution in [0.2, 0.25) is 0 Å². The third-order valence-electron chi connectivity index (χ3n) is 1.29. The molecule has 0 amide bonds. The van der Waals surface area contributed by atoms with E-state index in [1.807, 2.05) is 0 Å². The van der Waals surface area contributed by atoms with Crippen LogP contribution in [-0.4, -0.2) is 34.1 Å². The third-order valence-corrected chi connectivity index (χ3v) is 8.57. The minimum atomic E-state index is -6.16. The van der Waals surface area contributed by atoms with Crippen molar-refractivity contribution in [2.24, 2.45) is 5.18 Å². The predicted octanol–water partition coefficient (Wildman–Crippen LogP) is -3.99. The largest absolute Gasteiger partial charge is 1.00 e. The van der Waals surface area contributed by atoms with Crippen LogP contribution in [0.15, 0.2) is 5.18 Å². The van der Waals surface area contributed by atoms with Crippen molar-refractivity contribution < 1.29 is 95.9 Å². The molecular formula is CH7KNO10P3. The van der Waals surface area contributed by atoms with Crippen LogP contribution < -0.4 is 51.4 Å². The molecule has 0 aliphatic carbocycles. The van der Waals surface area contributed by atoms with Gasteiger partial charge in [-0.15, -0.1) is 4.91 Å². The molecule has 0 atom stereocenters. The van der Waals surface area contributed by atoms with Crippen molar-refractivity contribution in [1.82, 2.24) is 0 Å². The van der Waals surface area contributed by atoms with E-state index in [1.54, 1.807) is 0 Å². The first-order valence-electron chi connectivity index (χ1n) is 2.82. The molecule has 0 saturated heterocycles. The summed E-state index contributed by atoms with van der Waals surface area (Å²) in [5, 5.41) is 1.29. The summed E-state index contributed by atoms with van der Waals surface area (Å²) in [4.78, 5) is 60.6. The Bertz CT molecular complexity index is 349. The Labute approximate surface area is 132 Å². The molecule has 0 radical (unpaired) electrons. The molecule has 0 aromatic carbocycles. The van der Waals surface area contributed by atoms with E-state index in [2.05, 4.69) is 0 Å². The summed E-state index contributed by atoms with van der Waals surface area (Å²) in [7, 11) is -18.5. The van der Waals surface area contributed by atoms with E-state index in [-0.39, 0.29) is 52.8 Å². The van der Waals surface area contributed by atoms with Crippen molar-refractivity contribution in [1.29, 1.82) is 0 Å². The van der Waals surface area contributed by atoms with E-state index in [4.69, 9.17) is 29.4 Å². The Hall–Kier alpha value is 1.69. The van der Waals surface area contributed by atoms with Crippen molar-refractivity contribution in [2.45, 2.75) is 4.76 Å². The van der Waals surface area contributed by atoms with Gasteiger partial charge in [0.15, 0.2) is 0 Å². The maximum Gasteiger partial charge on any atom is 1.00 e. The SMILES string of the molecule is O=NC(P(=O)(O)O)(P(=O)(O)O)P(=O)(O)O.[H-].[K+]. The summed E-state index contributed by atoms with van der Waals surface area (Å²) in [5.41, 5.74) is 0. The second kappa shape index (κ2) is 5.77. The van der Waals surface area contributed by atoms with E-state index in [9.17, 15) is 18.6 Å². The van der Waals surface area contributed by atoms with E-state index < -0.39 is 27.5 Å². The normalized spacial score (nSPS) is 14.1. The maximum absolute atomic E-state index is 10.6. The Kier molecular flexibility index (Phi) is 7.21. The number of nitrogens with zero attached hydrogens (tertiary/aromatic N) is 1. The van der Waals surface area contributed by atoms with Gasteiger partial charge in [0.1, 0.15) is 0 Å². The molecule has 0 aliphatic heterocycles. The Morgan fingerprint density at radius 3 is 1.00 bits per heavy atom. The van der Waals surface area contributed by atoms with Crippen LogP contribution in [0.4, 0.5) is 0 Å². The van der Waals surface area contributed by atoms with Crippen LogP contribution in [0.3, 0.4) is 0 Å². The second-order valence-corrected chi connectivity index (χ2v) is 8.59. The van der Waals surface area contributed by atoms with Crippen LogP contribution in [0, 0.1) is 4.91 Å². The van der Waals surface area contributed by atoms with Gasteiger partial charge in [0.25, 0.3) is 0 Å². The molecule has 0 spiro atoms. The van der Waals surface area contributed by atoms with Gasteiger partial charge in [0.05, 0.1) is 0 Å². The Balaban J connectivity index is -0.000000980. The fraction of sp³-hybridized carbons (Fsp3) is 1.00. The van der Waals surface area contributed by atoms with Gasteiger partial charge in [-0.2, -0.15) is 0 Å². The van der Waals surface area contributed by atoms with Gasteiger partial charge >= 0.3 is 78.9 Å². The molecule has 0 unspecified atom stereocenters. The molecule has 0 aromatic rings. The van der Waals surface area contributed by atoms with E-state index >= 15 is 0 Å². The number of rotatable bonds is 4. The Morgan fingerprint density at radius 2 is 1.00 bits per heavy atom. The molecule has 0 heterocycles. The van der Waals surface area contributed by atoms with E-state index in [0.29, 0.717) is 0 Å². The van der Waals surface area contributed by atoms with Crippen LogP contribution in [0.25, 0.3) is 0 Å². The van der Waals surface area contributed by atoms with E-state index in [0.717, 1.165) is 0 Å². The summed E-state index contributed by atoms with van der Waals surface area (Å²) >= 11 is 0. The molecule has 0 aromatic heterocycles. The molecule has 16 heavy (non-hydrogen) atoms. The average Bonchev–Trinajstić information content (AvgIpc) is 1.76. The van der Waals surface area contributed by atoms with Gasteiger partial charge in [-0.05, 0) is 5.18 Å². The summed E-state index contributed by atoms with van der Waals surface area (Å²) in [6, 6.07) is 0. The molecule has 11 nitrogen and oxygen atoms in total. The van der Waals surface area contributed by atoms with Gasteiger partial charge in [-0.25, -0.2) is 0 Å². The molecule has 6 N–H and O–H groups in total. The summed E-state index contributed by atoms with van der Waals surface area (Å²) < 4.78 is 27.2. The Morgan fingerprint density at radius 1 is 0.812 bits per heavy atom. The van der Waals surface area contributed by atoms with E-state index in [1.165, 1.54) is 5.18 Å². The fourth-order valence-electron chi connectivity index (χ4n) is 0.669. The standard InChI is InChI=1S/CH6NO10P3.K.H/c3-2-1(13(4,5)6,14(7,8)9)15(10,11)12;;/h(H2,4,5,6)(H2,7,8,9)(H2,10,11,12);;/q;+1;-1. The van der Waals surface area contributed by atoms with Gasteiger partial charge in [0, 0.05) is 0 Å². The molecule has 0 rings (SSSR count). The molecule has 15 heteroatoms. The minimum absolute atomic E-state index is 0. The first-order chi connectivity index (χ1) is 6.31. The quantitative estimate of drug-likeness (QED) is 0.168. The minimum Gasteiger partial charge on any atom is -1.00 e. The third kappa shape index (κ3) is 3.37. The zero-order valence-corrected chi connectivity index (χ0v) is 13.4. The second-order valence-electron chi connectivity index (χ2n) is 2.32. The van der Waals surface area contributed by atoms with Crippen molar-refractivity contribution in [3.63, 3.8) is 0 Å². The first kappa shape index (κ1) is 20.0. The van der Waals surface area contributed by atoms with Gasteiger partial charge in [0.2, 0.25) is 0 Å². The van der Waals surface area contributed by atoms with Crippen LogP contribution in [0.5, 0.6) is 0 Å². The number of hydrogen-bond acceptors (Lipinski definition) is 5. The molecule has 0 saturated carbocycles. The monoisotopic (exact) mass is 325 g/mol. The maximum atomic E-state index is 10.6. The van der Waals surface area contributed by atoms with Crippen molar-refractivity contribution in [2.75, 3.05) is 0 Å². The molecule has 0 fully saturated rings. The zero-order chi connectivity index (χ0) is 12.7. The van der Waals surface area contributed by atoms with Crippen LogP contribution in [-0.2, 0) is 13.7 Å². The molecule has 0 bridgehead atoms. The number of nitroso groups, excluding NO2 is 1. The van der Waals surface area contributed by atoms with Crippen molar-refractivity contribution in [3.8, 4) is 0 Å². The first-order valence-corrected chi connectivity index (χ1v) is 7.66. The van der Waals surface area contributed by atoms with Gasteiger partial charge in [-0.3, -0.25) is 13.7 Å². The van der Waals surface area contributed by atoms with Crippen molar-refractivity contribution >= 4 is 22.8 Å². The summed E-state index contributed by atoms with van der Waals surface area (Å²) in [6.07, 6.45) is 0. The van der Waals surface area contributed by atoms with Crippen LogP contribution in [0.1, 0.15) is 1.43 Å². The molecule has 92 valence electrons. The zero-order valence-electron chi connectivity index (χ0n) is 8.61. The number of hydrogen-bond donors (Lipinski definition) is 6. The van der Waals surface area contributed by atoms with Crippen LogP contribution >= 0.6 is 22.8 Å². The summed E-state index contributed by atoms with van der Waals surface area (Å²) in [5.74, 6) is 0. The van der Waals surface area contributed by atoms with Gasteiger partial charge in [-0.1, -0.05) is 0 Å². The van der Waals surface area contributed by atoms with Gasteiger partial charge < -0.3 is 30.8 Å². The summed E-state index contributed by atoms with van der Waals surface area (Å²) in [6.45, 7) is 0. The fourth-order valence-corrected chi connectivity index (χ4v) is 5.06. The predicted molar refractivity (Wildman–Crippen MR) is 45.8 cm³/mol. The van der Waals surface area contributed by atoms with Crippen molar-refractivity contribution in [3.05, 3.63) is 4.91 Å². The average molecular weight is 325 g/mol. The molecular weight excluding hydrogens is 318 g/mol. The smallest absolute Gasteiger partial charge is 1.00 e.